The zero-order chi connectivity index (χ0) is 16.6. The predicted molar refractivity (Wildman–Crippen MR) is 98.6 cm³/mol. The van der Waals surface area contributed by atoms with Gasteiger partial charge in [-0.1, -0.05) is 0 Å². The number of benzene rings is 1. The minimum absolute atomic E-state index is 0. The highest BCUT2D eigenvalue weighted by atomic mass is 35.5. The molecule has 1 atom stereocenters. The van der Waals surface area contributed by atoms with Crippen molar-refractivity contribution >= 4 is 24.0 Å². The molecule has 6 nitrogen and oxygen atoms in total. The van der Waals surface area contributed by atoms with Gasteiger partial charge in [0.2, 0.25) is 5.91 Å². The summed E-state index contributed by atoms with van der Waals surface area (Å²) in [5.74, 6) is 1.40. The summed E-state index contributed by atoms with van der Waals surface area (Å²) in [6.07, 6.45) is 2.54. The molecule has 140 valence electrons. The van der Waals surface area contributed by atoms with E-state index in [4.69, 9.17) is 14.2 Å². The average molecular weight is 371 g/mol. The molecule has 0 spiro atoms. The Bertz CT molecular complexity index is 514. The molecular weight excluding hydrogens is 344 g/mol. The molecule has 0 aliphatic carbocycles. The number of carbonyl (C=O) groups excluding carboxylic acids is 1. The van der Waals surface area contributed by atoms with Gasteiger partial charge in [-0.15, -0.1) is 12.4 Å². The number of nitrogens with one attached hydrogen (secondary N) is 2. The topological polar surface area (TPSA) is 68.8 Å². The standard InChI is InChI=1S/C18H26N2O4.ClH/c21-18(11-16-13-23-10-7-19-16)20-15-1-3-17(4-2-15)24-12-14-5-8-22-9-6-14;/h1-4,14,16,19H,5-13H2,(H,20,21);1H. The lowest BCUT2D eigenvalue weighted by Gasteiger charge is -2.23. The van der Waals surface area contributed by atoms with Gasteiger partial charge >= 0.3 is 0 Å². The van der Waals surface area contributed by atoms with Crippen molar-refractivity contribution < 1.29 is 19.0 Å². The molecule has 0 aromatic heterocycles. The second kappa shape index (κ2) is 10.6. The highest BCUT2D eigenvalue weighted by Crippen LogP contribution is 2.20. The summed E-state index contributed by atoms with van der Waals surface area (Å²) in [6.45, 7) is 4.50. The van der Waals surface area contributed by atoms with Gasteiger partial charge in [0.25, 0.3) is 0 Å². The lowest BCUT2D eigenvalue weighted by molar-refractivity contribution is -0.117. The van der Waals surface area contributed by atoms with E-state index in [-0.39, 0.29) is 24.4 Å². The van der Waals surface area contributed by atoms with Crippen molar-refractivity contribution in [1.29, 1.82) is 0 Å². The predicted octanol–water partition coefficient (Wildman–Crippen LogP) is 2.23. The van der Waals surface area contributed by atoms with Crippen molar-refractivity contribution in [1.82, 2.24) is 5.32 Å². The van der Waals surface area contributed by atoms with Crippen LogP contribution >= 0.6 is 12.4 Å². The number of ether oxygens (including phenoxy) is 3. The Morgan fingerprint density at radius 3 is 2.60 bits per heavy atom. The molecule has 0 saturated carbocycles. The van der Waals surface area contributed by atoms with Gasteiger partial charge in [0.1, 0.15) is 5.75 Å². The minimum atomic E-state index is -0.00567. The maximum absolute atomic E-state index is 12.0. The zero-order valence-corrected chi connectivity index (χ0v) is 15.2. The number of amides is 1. The number of rotatable bonds is 6. The molecular formula is C18H27ClN2O4. The molecule has 2 heterocycles. The normalized spacial score (nSPS) is 21.2. The van der Waals surface area contributed by atoms with Crippen LogP contribution in [0.25, 0.3) is 0 Å². The van der Waals surface area contributed by atoms with Gasteiger partial charge < -0.3 is 24.8 Å². The summed E-state index contributed by atoms with van der Waals surface area (Å²) in [6, 6.07) is 7.65. The summed E-state index contributed by atoms with van der Waals surface area (Å²) >= 11 is 0. The van der Waals surface area contributed by atoms with Crippen molar-refractivity contribution in [3.05, 3.63) is 24.3 Å². The fourth-order valence-electron chi connectivity index (χ4n) is 2.95. The van der Waals surface area contributed by atoms with Crippen molar-refractivity contribution in [2.75, 3.05) is 44.9 Å². The van der Waals surface area contributed by atoms with Crippen LogP contribution in [0.5, 0.6) is 5.75 Å². The van der Waals surface area contributed by atoms with Crippen molar-refractivity contribution in [2.24, 2.45) is 5.92 Å². The summed E-state index contributed by atoms with van der Waals surface area (Å²) in [5.41, 5.74) is 0.787. The van der Waals surface area contributed by atoms with Crippen LogP contribution in [0.4, 0.5) is 5.69 Å². The lowest BCUT2D eigenvalue weighted by Crippen LogP contribution is -2.43. The molecule has 2 fully saturated rings. The second-order valence-corrected chi connectivity index (χ2v) is 6.37. The van der Waals surface area contributed by atoms with Crippen LogP contribution in [-0.2, 0) is 14.3 Å². The SMILES string of the molecule is Cl.O=C(CC1COCCN1)Nc1ccc(OCC2CCOCC2)cc1. The third kappa shape index (κ3) is 6.82. The number of halogens is 1. The van der Waals surface area contributed by atoms with E-state index in [1.54, 1.807) is 0 Å². The molecule has 2 aliphatic rings. The fraction of sp³-hybridized carbons (Fsp3) is 0.611. The minimum Gasteiger partial charge on any atom is -0.493 e. The van der Waals surface area contributed by atoms with Crippen LogP contribution in [0.2, 0.25) is 0 Å². The number of morpholine rings is 1. The van der Waals surface area contributed by atoms with E-state index in [1.165, 1.54) is 0 Å². The largest absolute Gasteiger partial charge is 0.493 e. The number of hydrogen-bond donors (Lipinski definition) is 2. The van der Waals surface area contributed by atoms with E-state index in [0.717, 1.165) is 50.6 Å². The molecule has 1 amide bonds. The van der Waals surface area contributed by atoms with Crippen LogP contribution in [0.15, 0.2) is 24.3 Å². The van der Waals surface area contributed by atoms with Crippen molar-refractivity contribution in [3.8, 4) is 5.75 Å². The van der Waals surface area contributed by atoms with E-state index in [1.807, 2.05) is 24.3 Å². The molecule has 3 rings (SSSR count). The second-order valence-electron chi connectivity index (χ2n) is 6.37. The Morgan fingerprint density at radius 2 is 1.92 bits per heavy atom. The number of hydrogen-bond acceptors (Lipinski definition) is 5. The summed E-state index contributed by atoms with van der Waals surface area (Å²) in [4.78, 5) is 12.0. The van der Waals surface area contributed by atoms with Gasteiger partial charge in [-0.3, -0.25) is 4.79 Å². The van der Waals surface area contributed by atoms with Gasteiger partial charge in [-0.05, 0) is 43.0 Å². The molecule has 1 aromatic rings. The first-order valence-corrected chi connectivity index (χ1v) is 8.71. The Kier molecular flexibility index (Phi) is 8.48. The molecule has 25 heavy (non-hydrogen) atoms. The maximum Gasteiger partial charge on any atom is 0.226 e. The van der Waals surface area contributed by atoms with Gasteiger partial charge in [0.15, 0.2) is 0 Å². The number of carbonyl (C=O) groups is 1. The smallest absolute Gasteiger partial charge is 0.226 e. The Balaban J connectivity index is 0.00000225. The molecule has 1 unspecified atom stereocenters. The van der Waals surface area contributed by atoms with E-state index >= 15 is 0 Å². The van der Waals surface area contributed by atoms with Gasteiger partial charge in [-0.2, -0.15) is 0 Å². The molecule has 2 N–H and O–H groups in total. The lowest BCUT2D eigenvalue weighted by atomic mass is 10.0. The highest BCUT2D eigenvalue weighted by Gasteiger charge is 2.17. The molecule has 7 heteroatoms. The maximum atomic E-state index is 12.0. The zero-order valence-electron chi connectivity index (χ0n) is 14.4. The Morgan fingerprint density at radius 1 is 1.16 bits per heavy atom. The third-order valence-electron chi connectivity index (χ3n) is 4.39. The average Bonchev–Trinajstić information content (AvgIpc) is 2.63. The first-order valence-electron chi connectivity index (χ1n) is 8.71. The fourth-order valence-corrected chi connectivity index (χ4v) is 2.95. The Hall–Kier alpha value is -1.34. The molecule has 0 radical (unpaired) electrons. The summed E-state index contributed by atoms with van der Waals surface area (Å²) in [7, 11) is 0. The van der Waals surface area contributed by atoms with E-state index in [2.05, 4.69) is 10.6 Å². The Labute approximate surface area is 155 Å². The van der Waals surface area contributed by atoms with Crippen LogP contribution in [-0.4, -0.2) is 51.5 Å². The van der Waals surface area contributed by atoms with Crippen LogP contribution in [0.3, 0.4) is 0 Å². The molecule has 2 aliphatic heterocycles. The molecule has 2 saturated heterocycles. The van der Waals surface area contributed by atoms with Crippen LogP contribution in [0, 0.1) is 5.92 Å². The van der Waals surface area contributed by atoms with Gasteiger partial charge in [0.05, 0.1) is 19.8 Å². The summed E-state index contributed by atoms with van der Waals surface area (Å²) < 4.78 is 16.5. The first kappa shape index (κ1) is 20.0. The van der Waals surface area contributed by atoms with Crippen LogP contribution in [0.1, 0.15) is 19.3 Å². The van der Waals surface area contributed by atoms with Crippen molar-refractivity contribution in [2.45, 2.75) is 25.3 Å². The van der Waals surface area contributed by atoms with E-state index in [0.29, 0.717) is 25.6 Å². The first-order chi connectivity index (χ1) is 11.8. The van der Waals surface area contributed by atoms with E-state index < -0.39 is 0 Å². The van der Waals surface area contributed by atoms with E-state index in [9.17, 15) is 4.79 Å². The quantitative estimate of drug-likeness (QED) is 0.803. The van der Waals surface area contributed by atoms with Crippen LogP contribution < -0.4 is 15.4 Å². The van der Waals surface area contributed by atoms with Gasteiger partial charge in [-0.25, -0.2) is 0 Å². The monoisotopic (exact) mass is 370 g/mol. The van der Waals surface area contributed by atoms with Gasteiger partial charge in [0, 0.05) is 37.9 Å². The number of anilines is 1. The highest BCUT2D eigenvalue weighted by molar-refractivity contribution is 5.91. The van der Waals surface area contributed by atoms with Crippen molar-refractivity contribution in [3.63, 3.8) is 0 Å². The third-order valence-corrected chi connectivity index (χ3v) is 4.39. The molecule has 1 aromatic carbocycles. The molecule has 0 bridgehead atoms. The summed E-state index contributed by atoms with van der Waals surface area (Å²) in [5, 5.41) is 6.19.